The van der Waals surface area contributed by atoms with E-state index in [0.29, 0.717) is 11.0 Å². The summed E-state index contributed by atoms with van der Waals surface area (Å²) in [6.07, 6.45) is 0. The molecular weight excluding hydrogens is 262 g/mol. The molecule has 98 valence electrons. The number of thiocarbonyl (C=S) groups is 1. The van der Waals surface area contributed by atoms with Crippen LogP contribution in [0.25, 0.3) is 0 Å². The summed E-state index contributed by atoms with van der Waals surface area (Å²) in [5.41, 5.74) is 8.96. The topological polar surface area (TPSA) is 42.1 Å². The van der Waals surface area contributed by atoms with Crippen LogP contribution >= 0.6 is 24.0 Å². The molecule has 1 saturated heterocycles. The lowest BCUT2D eigenvalue weighted by atomic mass is 10.1. The number of hydrogen-bond acceptors (Lipinski definition) is 4. The quantitative estimate of drug-likeness (QED) is 0.842. The van der Waals surface area contributed by atoms with Crippen LogP contribution in [0.3, 0.4) is 0 Å². The molecule has 1 aromatic rings. The minimum absolute atomic E-state index is 0.445. The Hall–Kier alpha value is -0.810. The van der Waals surface area contributed by atoms with Crippen LogP contribution in [0.4, 0.5) is 5.82 Å². The number of nitrogens with zero attached hydrogens (tertiary/aromatic N) is 2. The van der Waals surface area contributed by atoms with Gasteiger partial charge in [-0.1, -0.05) is 12.2 Å². The molecule has 0 aliphatic carbocycles. The number of nitrogens with two attached hydrogens (primary N) is 1. The molecule has 0 amide bonds. The van der Waals surface area contributed by atoms with E-state index in [1.807, 2.05) is 24.8 Å². The monoisotopic (exact) mass is 281 g/mol. The molecule has 18 heavy (non-hydrogen) atoms. The lowest BCUT2D eigenvalue weighted by Crippen LogP contribution is -2.42. The second-order valence-corrected chi connectivity index (χ2v) is 6.35. The number of pyridine rings is 1. The van der Waals surface area contributed by atoms with E-state index in [0.717, 1.165) is 40.7 Å². The number of aryl methyl sites for hydroxylation is 2. The van der Waals surface area contributed by atoms with E-state index in [2.05, 4.69) is 23.7 Å². The summed E-state index contributed by atoms with van der Waals surface area (Å²) in [4.78, 5) is 7.46. The molecule has 5 heteroatoms. The summed E-state index contributed by atoms with van der Waals surface area (Å²) in [5.74, 6) is 3.23. The van der Waals surface area contributed by atoms with Gasteiger partial charge in [0.25, 0.3) is 0 Å². The van der Waals surface area contributed by atoms with Crippen molar-refractivity contribution < 1.29 is 0 Å². The Morgan fingerprint density at radius 1 is 1.56 bits per heavy atom. The van der Waals surface area contributed by atoms with Gasteiger partial charge in [-0.05, 0) is 32.4 Å². The lowest BCUT2D eigenvalue weighted by molar-refractivity contribution is 0.687. The highest BCUT2D eigenvalue weighted by Crippen LogP contribution is 2.28. The van der Waals surface area contributed by atoms with Crippen molar-refractivity contribution in [2.75, 3.05) is 23.0 Å². The Balaban J connectivity index is 2.50. The average molecular weight is 281 g/mol. The van der Waals surface area contributed by atoms with Gasteiger partial charge < -0.3 is 10.6 Å². The van der Waals surface area contributed by atoms with E-state index in [1.54, 1.807) is 0 Å². The molecule has 1 aromatic heterocycles. The van der Waals surface area contributed by atoms with Crippen LogP contribution in [0.2, 0.25) is 0 Å². The van der Waals surface area contributed by atoms with Crippen molar-refractivity contribution >= 4 is 34.8 Å². The predicted molar refractivity (Wildman–Crippen MR) is 83.7 cm³/mol. The van der Waals surface area contributed by atoms with E-state index < -0.39 is 0 Å². The van der Waals surface area contributed by atoms with Crippen molar-refractivity contribution in [2.24, 2.45) is 5.73 Å². The fraction of sp³-hybridized carbons (Fsp3) is 0.538. The molecule has 2 rings (SSSR count). The third kappa shape index (κ3) is 2.62. The van der Waals surface area contributed by atoms with Crippen LogP contribution in [0.5, 0.6) is 0 Å². The number of rotatable bonds is 2. The Bertz CT molecular complexity index is 474. The van der Waals surface area contributed by atoms with E-state index in [9.17, 15) is 0 Å². The van der Waals surface area contributed by atoms with Crippen molar-refractivity contribution in [3.8, 4) is 0 Å². The van der Waals surface area contributed by atoms with Crippen molar-refractivity contribution in [1.29, 1.82) is 0 Å². The summed E-state index contributed by atoms with van der Waals surface area (Å²) in [6, 6.07) is 2.52. The zero-order valence-corrected chi connectivity index (χ0v) is 12.7. The summed E-state index contributed by atoms with van der Waals surface area (Å²) >= 11 is 7.18. The lowest BCUT2D eigenvalue weighted by Gasteiger charge is -2.35. The van der Waals surface area contributed by atoms with Crippen LogP contribution in [0.1, 0.15) is 23.7 Å². The van der Waals surface area contributed by atoms with E-state index in [1.165, 1.54) is 0 Å². The highest BCUT2D eigenvalue weighted by atomic mass is 32.2. The molecule has 1 fully saturated rings. The Labute approximate surface area is 118 Å². The van der Waals surface area contributed by atoms with Gasteiger partial charge in [-0.25, -0.2) is 4.98 Å². The Morgan fingerprint density at radius 2 is 2.28 bits per heavy atom. The molecule has 1 aliphatic heterocycles. The van der Waals surface area contributed by atoms with Gasteiger partial charge >= 0.3 is 0 Å². The smallest absolute Gasteiger partial charge is 0.139 e. The standard InChI is InChI=1S/C13H19N3S2/c1-8-6-9(2)15-13(11(8)12(14)17)16-4-5-18-7-10(16)3/h6,10H,4-5,7H2,1-3H3,(H2,14,17). The first-order valence-electron chi connectivity index (χ1n) is 6.13. The minimum Gasteiger partial charge on any atom is -0.389 e. The maximum atomic E-state index is 5.88. The molecule has 0 radical (unpaired) electrons. The Kier molecular flexibility index (Phi) is 4.12. The maximum Gasteiger partial charge on any atom is 0.139 e. The summed E-state index contributed by atoms with van der Waals surface area (Å²) in [6.45, 7) is 7.31. The van der Waals surface area contributed by atoms with Crippen LogP contribution < -0.4 is 10.6 Å². The van der Waals surface area contributed by atoms with Crippen LogP contribution in [-0.2, 0) is 0 Å². The first-order chi connectivity index (χ1) is 8.50. The number of hydrogen-bond donors (Lipinski definition) is 1. The molecule has 0 spiro atoms. The van der Waals surface area contributed by atoms with Crippen molar-refractivity contribution in [2.45, 2.75) is 26.8 Å². The third-order valence-electron chi connectivity index (χ3n) is 3.21. The zero-order chi connectivity index (χ0) is 13.3. The molecular formula is C13H19N3S2. The molecule has 2 N–H and O–H groups in total. The number of aromatic nitrogens is 1. The average Bonchev–Trinajstić information content (AvgIpc) is 2.27. The van der Waals surface area contributed by atoms with Gasteiger partial charge in [0.2, 0.25) is 0 Å². The van der Waals surface area contributed by atoms with Gasteiger partial charge in [-0.3, -0.25) is 0 Å². The largest absolute Gasteiger partial charge is 0.389 e. The molecule has 0 bridgehead atoms. The molecule has 0 aromatic carbocycles. The van der Waals surface area contributed by atoms with Gasteiger partial charge in [-0.2, -0.15) is 11.8 Å². The molecule has 1 atom stereocenters. The zero-order valence-electron chi connectivity index (χ0n) is 11.1. The third-order valence-corrected chi connectivity index (χ3v) is 4.61. The molecule has 1 aliphatic rings. The normalized spacial score (nSPS) is 19.9. The summed E-state index contributed by atoms with van der Waals surface area (Å²) in [5, 5.41) is 0. The van der Waals surface area contributed by atoms with E-state index in [-0.39, 0.29) is 0 Å². The fourth-order valence-corrected chi connectivity index (χ4v) is 3.64. The van der Waals surface area contributed by atoms with Crippen LogP contribution in [-0.4, -0.2) is 34.1 Å². The van der Waals surface area contributed by atoms with Gasteiger partial charge in [-0.15, -0.1) is 0 Å². The summed E-state index contributed by atoms with van der Waals surface area (Å²) in [7, 11) is 0. The van der Waals surface area contributed by atoms with Crippen LogP contribution in [0.15, 0.2) is 6.07 Å². The highest BCUT2D eigenvalue weighted by Gasteiger charge is 2.24. The second-order valence-electron chi connectivity index (χ2n) is 4.76. The predicted octanol–water partition coefficient (Wildman–Crippen LogP) is 2.27. The van der Waals surface area contributed by atoms with Crippen molar-refractivity contribution in [3.05, 3.63) is 22.9 Å². The first-order valence-corrected chi connectivity index (χ1v) is 7.69. The Morgan fingerprint density at radius 3 is 2.89 bits per heavy atom. The second kappa shape index (κ2) is 5.45. The number of anilines is 1. The molecule has 0 saturated carbocycles. The van der Waals surface area contributed by atoms with Gasteiger partial charge in [0, 0.05) is 29.8 Å². The fourth-order valence-electron chi connectivity index (χ4n) is 2.37. The van der Waals surface area contributed by atoms with Crippen molar-refractivity contribution in [1.82, 2.24) is 4.98 Å². The first kappa shape index (κ1) is 13.6. The van der Waals surface area contributed by atoms with Crippen molar-refractivity contribution in [3.63, 3.8) is 0 Å². The summed E-state index contributed by atoms with van der Waals surface area (Å²) < 4.78 is 0. The molecule has 1 unspecified atom stereocenters. The van der Waals surface area contributed by atoms with Crippen LogP contribution in [0, 0.1) is 13.8 Å². The SMILES string of the molecule is Cc1cc(C)c(C(N)=S)c(N2CCSCC2C)n1. The molecule has 2 heterocycles. The van der Waals surface area contributed by atoms with Gasteiger partial charge in [0.05, 0.1) is 5.56 Å². The molecule has 3 nitrogen and oxygen atoms in total. The minimum atomic E-state index is 0.445. The van der Waals surface area contributed by atoms with Gasteiger partial charge in [0.15, 0.2) is 0 Å². The van der Waals surface area contributed by atoms with E-state index in [4.69, 9.17) is 18.0 Å². The van der Waals surface area contributed by atoms with Gasteiger partial charge in [0.1, 0.15) is 10.8 Å². The highest BCUT2D eigenvalue weighted by molar-refractivity contribution is 7.99. The maximum absolute atomic E-state index is 5.88. The van der Waals surface area contributed by atoms with E-state index >= 15 is 0 Å². The number of thioether (sulfide) groups is 1.